The first-order valence-corrected chi connectivity index (χ1v) is 12.3. The van der Waals surface area contributed by atoms with Crippen LogP contribution in [0.1, 0.15) is 0 Å². The molecule has 4 heteroatoms. The largest absolute Gasteiger partial charge is 0.128 e. The molecule has 1 aliphatic rings. The van der Waals surface area contributed by atoms with Crippen molar-refractivity contribution in [2.45, 2.75) is 8.42 Å². The maximum Gasteiger partial charge on any atom is 0.0750 e. The molecule has 0 bridgehead atoms. The summed E-state index contributed by atoms with van der Waals surface area (Å²) in [6.45, 7) is 0. The molecule has 0 unspecified atom stereocenters. The molecular weight excluding hydrogens is 391 g/mol. The zero-order valence-corrected chi connectivity index (χ0v) is 17.0. The molecule has 0 fully saturated rings. The molecule has 0 spiro atoms. The van der Waals surface area contributed by atoms with Crippen molar-refractivity contribution in [2.24, 2.45) is 0 Å². The second-order valence-corrected chi connectivity index (χ2v) is 12.0. The maximum absolute atomic E-state index is 2.31. The number of rotatable bonds is 1. The third kappa shape index (κ3) is 2.18. The van der Waals surface area contributed by atoms with Gasteiger partial charge in [0.15, 0.2) is 0 Å². The highest BCUT2D eigenvalue weighted by Gasteiger charge is 2.33. The van der Waals surface area contributed by atoms with Gasteiger partial charge >= 0.3 is 0 Å². The molecule has 3 heterocycles. The predicted molar refractivity (Wildman–Crippen MR) is 120 cm³/mol. The molecule has 26 heavy (non-hydrogen) atoms. The van der Waals surface area contributed by atoms with Crippen molar-refractivity contribution >= 4 is 78.4 Å². The van der Waals surface area contributed by atoms with E-state index in [1.165, 1.54) is 33.9 Å². The van der Waals surface area contributed by atoms with E-state index in [-0.39, 0.29) is 0 Å². The normalized spacial score (nSPS) is 13.8. The quantitative estimate of drug-likeness (QED) is 0.288. The van der Waals surface area contributed by atoms with Gasteiger partial charge in [-0.2, -0.15) is 0 Å². The van der Waals surface area contributed by atoms with E-state index in [4.69, 9.17) is 0 Å². The highest BCUT2D eigenvalue weighted by molar-refractivity contribution is 8.06. The van der Waals surface area contributed by atoms with Crippen LogP contribution in [0.15, 0.2) is 87.3 Å². The fourth-order valence-electron chi connectivity index (χ4n) is 3.61. The second-order valence-electron chi connectivity index (χ2n) is 6.24. The molecule has 0 saturated carbocycles. The second kappa shape index (κ2) is 5.94. The van der Waals surface area contributed by atoms with Gasteiger partial charge in [-0.05, 0) is 25.4 Å². The van der Waals surface area contributed by atoms with E-state index in [9.17, 15) is 0 Å². The molecule has 5 aromatic rings. The summed E-state index contributed by atoms with van der Waals surface area (Å²) in [5, 5.41) is 7.46. The number of thiophene rings is 2. The lowest BCUT2D eigenvalue weighted by Gasteiger charge is -2.24. The summed E-state index contributed by atoms with van der Waals surface area (Å²) in [5.41, 5.74) is 0. The van der Waals surface area contributed by atoms with Gasteiger partial charge in [0.1, 0.15) is 0 Å². The summed E-state index contributed by atoms with van der Waals surface area (Å²) in [7, 11) is -0.524. The smallest absolute Gasteiger partial charge is 0.0750 e. The standard InChI is InChI=1S/C22H13PS3/c1-2-8-14(9-3-1)23-19-15-10-4-6-12-17(15)24-21(19)26-22-20(23)16-11-5-7-13-18(16)25-22/h1-13H. The SMILES string of the molecule is c1ccc(P2c3c(sc4ccccc34)Sc3sc4ccccc4c32)cc1. The van der Waals surface area contributed by atoms with Gasteiger partial charge in [-0.1, -0.05) is 78.5 Å². The maximum atomic E-state index is 2.31. The third-order valence-corrected chi connectivity index (χ3v) is 11.7. The summed E-state index contributed by atoms with van der Waals surface area (Å²) in [4.78, 5) is 0. The minimum atomic E-state index is -0.524. The molecule has 124 valence electrons. The molecule has 0 N–H and O–H groups in total. The van der Waals surface area contributed by atoms with Gasteiger partial charge in [0.25, 0.3) is 0 Å². The van der Waals surface area contributed by atoms with Crippen molar-refractivity contribution in [3.05, 3.63) is 78.9 Å². The lowest BCUT2D eigenvalue weighted by Crippen LogP contribution is -2.24. The molecule has 0 nitrogen and oxygen atoms in total. The van der Waals surface area contributed by atoms with Crippen molar-refractivity contribution in [3.8, 4) is 0 Å². The lowest BCUT2D eigenvalue weighted by atomic mass is 10.3. The highest BCUT2D eigenvalue weighted by Crippen LogP contribution is 2.54. The first-order chi connectivity index (χ1) is 12.9. The Morgan fingerprint density at radius 3 is 1.62 bits per heavy atom. The zero-order chi connectivity index (χ0) is 17.1. The molecule has 1 aliphatic heterocycles. The Kier molecular flexibility index (Phi) is 3.52. The molecule has 0 amide bonds. The number of hydrogen-bond donors (Lipinski definition) is 0. The Morgan fingerprint density at radius 1 is 0.538 bits per heavy atom. The molecule has 0 saturated heterocycles. The fourth-order valence-corrected chi connectivity index (χ4v) is 11.6. The molecule has 3 aromatic carbocycles. The van der Waals surface area contributed by atoms with E-state index in [2.05, 4.69) is 78.9 Å². The van der Waals surface area contributed by atoms with Crippen LogP contribution in [0.3, 0.4) is 0 Å². The van der Waals surface area contributed by atoms with Gasteiger partial charge in [-0.25, -0.2) is 0 Å². The van der Waals surface area contributed by atoms with Crippen molar-refractivity contribution in [1.29, 1.82) is 0 Å². The first kappa shape index (κ1) is 15.4. The Morgan fingerprint density at radius 2 is 1.04 bits per heavy atom. The van der Waals surface area contributed by atoms with Crippen LogP contribution in [-0.2, 0) is 0 Å². The average Bonchev–Trinajstić information content (AvgIpc) is 3.24. The minimum absolute atomic E-state index is 0.524. The Balaban J connectivity index is 1.74. The van der Waals surface area contributed by atoms with Crippen molar-refractivity contribution < 1.29 is 0 Å². The molecule has 6 rings (SSSR count). The van der Waals surface area contributed by atoms with E-state index in [1.807, 2.05) is 34.4 Å². The van der Waals surface area contributed by atoms with Crippen molar-refractivity contribution in [3.63, 3.8) is 0 Å². The van der Waals surface area contributed by atoms with E-state index < -0.39 is 7.92 Å². The van der Waals surface area contributed by atoms with Gasteiger partial charge < -0.3 is 0 Å². The van der Waals surface area contributed by atoms with Crippen LogP contribution in [0.5, 0.6) is 0 Å². The van der Waals surface area contributed by atoms with Crippen LogP contribution in [0.25, 0.3) is 20.2 Å². The van der Waals surface area contributed by atoms with Gasteiger partial charge in [0, 0.05) is 30.8 Å². The Labute approximate surface area is 165 Å². The van der Waals surface area contributed by atoms with Crippen LogP contribution >= 0.6 is 42.4 Å². The summed E-state index contributed by atoms with van der Waals surface area (Å²) < 4.78 is 5.79. The Hall–Kier alpha value is -1.64. The Bertz CT molecular complexity index is 1190. The van der Waals surface area contributed by atoms with E-state index in [0.29, 0.717) is 0 Å². The van der Waals surface area contributed by atoms with Gasteiger partial charge in [0.2, 0.25) is 0 Å². The topological polar surface area (TPSA) is 0 Å². The summed E-state index contributed by atoms with van der Waals surface area (Å²) in [6.07, 6.45) is 0. The van der Waals surface area contributed by atoms with Crippen LogP contribution in [-0.4, -0.2) is 0 Å². The van der Waals surface area contributed by atoms with Crippen molar-refractivity contribution in [2.75, 3.05) is 0 Å². The van der Waals surface area contributed by atoms with E-state index in [0.717, 1.165) is 0 Å². The highest BCUT2D eigenvalue weighted by atomic mass is 32.2. The first-order valence-electron chi connectivity index (χ1n) is 8.46. The van der Waals surface area contributed by atoms with Gasteiger partial charge in [-0.15, -0.1) is 22.7 Å². The van der Waals surface area contributed by atoms with E-state index >= 15 is 0 Å². The van der Waals surface area contributed by atoms with Crippen LogP contribution in [0.2, 0.25) is 0 Å². The predicted octanol–water partition coefficient (Wildman–Crippen LogP) is 6.34. The minimum Gasteiger partial charge on any atom is -0.128 e. The molecule has 0 aliphatic carbocycles. The molecule has 0 atom stereocenters. The van der Waals surface area contributed by atoms with Crippen molar-refractivity contribution in [1.82, 2.24) is 0 Å². The monoisotopic (exact) mass is 404 g/mol. The fraction of sp³-hybridized carbons (Fsp3) is 0. The lowest BCUT2D eigenvalue weighted by molar-refractivity contribution is 1.72. The third-order valence-electron chi connectivity index (χ3n) is 4.72. The molecular formula is C22H13PS3. The number of fused-ring (bicyclic) bond motifs is 6. The summed E-state index contributed by atoms with van der Waals surface area (Å²) in [6, 6.07) is 28.9. The number of benzene rings is 3. The summed E-state index contributed by atoms with van der Waals surface area (Å²) in [5.74, 6) is 0. The molecule has 2 aromatic heterocycles. The van der Waals surface area contributed by atoms with Crippen LogP contribution < -0.4 is 15.9 Å². The average molecular weight is 405 g/mol. The van der Waals surface area contributed by atoms with E-state index in [1.54, 1.807) is 10.6 Å². The molecule has 0 radical (unpaired) electrons. The van der Waals surface area contributed by atoms with Crippen LogP contribution in [0.4, 0.5) is 0 Å². The zero-order valence-electron chi connectivity index (χ0n) is 13.7. The summed E-state index contributed by atoms with van der Waals surface area (Å²) >= 11 is 5.90. The van der Waals surface area contributed by atoms with Crippen LogP contribution in [0, 0.1) is 0 Å². The van der Waals surface area contributed by atoms with Gasteiger partial charge in [0.05, 0.1) is 8.42 Å². The van der Waals surface area contributed by atoms with Gasteiger partial charge in [-0.3, -0.25) is 0 Å². The number of hydrogen-bond acceptors (Lipinski definition) is 3.